The Morgan fingerprint density at radius 2 is 1.81 bits per heavy atom. The summed E-state index contributed by atoms with van der Waals surface area (Å²) in [6.07, 6.45) is 4.42. The van der Waals surface area contributed by atoms with E-state index in [0.29, 0.717) is 42.0 Å². The molecule has 0 aliphatic rings. The Hall–Kier alpha value is -2.85. The van der Waals surface area contributed by atoms with E-state index in [-0.39, 0.29) is 17.3 Å². The van der Waals surface area contributed by atoms with Gasteiger partial charge < -0.3 is 19.2 Å². The third-order valence-corrected chi connectivity index (χ3v) is 7.59. The third-order valence-electron chi connectivity index (χ3n) is 5.50. The van der Waals surface area contributed by atoms with Crippen molar-refractivity contribution in [3.05, 3.63) is 53.9 Å². The summed E-state index contributed by atoms with van der Waals surface area (Å²) in [6.45, 7) is 10.4. The van der Waals surface area contributed by atoms with Crippen molar-refractivity contribution in [2.75, 3.05) is 19.0 Å². The van der Waals surface area contributed by atoms with Crippen molar-refractivity contribution in [3.8, 4) is 5.75 Å². The number of nitrogens with one attached hydrogen (secondary N) is 1. The number of esters is 1. The van der Waals surface area contributed by atoms with Gasteiger partial charge in [-0.3, -0.25) is 9.59 Å². The fraction of sp³-hybridized carbons (Fsp3) is 0.462. The first kappa shape index (κ1) is 27.7. The number of amides is 1. The lowest BCUT2D eigenvalue weighted by Crippen LogP contribution is -2.34. The molecule has 2 heterocycles. The van der Waals surface area contributed by atoms with Crippen LogP contribution in [0.25, 0.3) is 0 Å². The first-order valence-electron chi connectivity index (χ1n) is 11.6. The highest BCUT2D eigenvalue weighted by molar-refractivity contribution is 8.00. The fourth-order valence-electron chi connectivity index (χ4n) is 3.10. The molecular formula is C26H33N3O5S2. The van der Waals surface area contributed by atoms with Crippen LogP contribution < -0.4 is 10.1 Å². The Labute approximate surface area is 220 Å². The van der Waals surface area contributed by atoms with Crippen LogP contribution in [0.2, 0.25) is 0 Å². The Morgan fingerprint density at radius 1 is 1.08 bits per heavy atom. The predicted octanol–water partition coefficient (Wildman–Crippen LogP) is 5.97. The van der Waals surface area contributed by atoms with Crippen LogP contribution in [0.1, 0.15) is 64.7 Å². The van der Waals surface area contributed by atoms with Crippen molar-refractivity contribution in [2.24, 2.45) is 0 Å². The van der Waals surface area contributed by atoms with Gasteiger partial charge in [0.2, 0.25) is 11.8 Å². The van der Waals surface area contributed by atoms with Crippen LogP contribution in [0.3, 0.4) is 0 Å². The number of hydrogen-bond donors (Lipinski definition) is 1. The van der Waals surface area contributed by atoms with Gasteiger partial charge in [-0.15, -0.1) is 11.8 Å². The summed E-state index contributed by atoms with van der Waals surface area (Å²) in [6, 6.07) is 7.41. The van der Waals surface area contributed by atoms with Gasteiger partial charge in [-0.05, 0) is 38.0 Å². The Kier molecular flexibility index (Phi) is 9.19. The first-order chi connectivity index (χ1) is 17.0. The molecule has 0 saturated carbocycles. The minimum atomic E-state index is -0.774. The van der Waals surface area contributed by atoms with Crippen LogP contribution in [0, 0.1) is 0 Å². The number of aromatic nitrogens is 2. The fourth-order valence-corrected chi connectivity index (χ4v) is 4.82. The molecule has 0 bridgehead atoms. The lowest BCUT2D eigenvalue weighted by molar-refractivity contribution is -0.140. The Balaban J connectivity index is 1.51. The SMILES string of the molecule is COC(=O)CCCOc1ccc(C(C)(C)C(=O)Nc2ncc(SCc3ncc(C(C)(C)C)o3)s2)cc1. The largest absolute Gasteiger partial charge is 0.494 e. The molecule has 0 fully saturated rings. The lowest BCUT2D eigenvalue weighted by atomic mass is 9.84. The summed E-state index contributed by atoms with van der Waals surface area (Å²) < 4.78 is 17.1. The molecule has 0 saturated heterocycles. The van der Waals surface area contributed by atoms with Crippen LogP contribution >= 0.6 is 23.1 Å². The van der Waals surface area contributed by atoms with E-state index in [2.05, 4.69) is 40.8 Å². The highest BCUT2D eigenvalue weighted by atomic mass is 32.2. The number of thiazole rings is 1. The molecular weight excluding hydrogens is 498 g/mol. The summed E-state index contributed by atoms with van der Waals surface area (Å²) in [7, 11) is 1.37. The monoisotopic (exact) mass is 531 g/mol. The van der Waals surface area contributed by atoms with E-state index < -0.39 is 5.41 Å². The highest BCUT2D eigenvalue weighted by Crippen LogP contribution is 2.33. The average Bonchev–Trinajstić information content (AvgIpc) is 3.50. The summed E-state index contributed by atoms with van der Waals surface area (Å²) in [5, 5.41) is 3.48. The van der Waals surface area contributed by atoms with E-state index in [9.17, 15) is 9.59 Å². The van der Waals surface area contributed by atoms with Crippen molar-refractivity contribution in [3.63, 3.8) is 0 Å². The van der Waals surface area contributed by atoms with Crippen LogP contribution in [0.4, 0.5) is 5.13 Å². The lowest BCUT2D eigenvalue weighted by Gasteiger charge is -2.23. The van der Waals surface area contributed by atoms with Crippen LogP contribution in [0.15, 0.2) is 45.3 Å². The molecule has 0 spiro atoms. The van der Waals surface area contributed by atoms with Gasteiger partial charge in [0.1, 0.15) is 11.5 Å². The minimum Gasteiger partial charge on any atom is -0.494 e. The van der Waals surface area contributed by atoms with Crippen LogP contribution in [-0.2, 0) is 30.9 Å². The molecule has 3 aromatic rings. The predicted molar refractivity (Wildman–Crippen MR) is 142 cm³/mol. The number of nitrogens with zero attached hydrogens (tertiary/aromatic N) is 2. The van der Waals surface area contributed by atoms with Crippen molar-refractivity contribution in [2.45, 2.75) is 68.3 Å². The van der Waals surface area contributed by atoms with Gasteiger partial charge in [0.05, 0.1) is 41.5 Å². The molecule has 0 atom stereocenters. The van der Waals surface area contributed by atoms with E-state index in [1.165, 1.54) is 18.4 Å². The van der Waals surface area contributed by atoms with E-state index in [0.717, 1.165) is 15.5 Å². The van der Waals surface area contributed by atoms with Gasteiger partial charge in [-0.25, -0.2) is 9.97 Å². The maximum absolute atomic E-state index is 13.1. The molecule has 2 aromatic heterocycles. The summed E-state index contributed by atoms with van der Waals surface area (Å²) in [5.41, 5.74) is -0.000264. The molecule has 36 heavy (non-hydrogen) atoms. The Bertz CT molecular complexity index is 1160. The quantitative estimate of drug-likeness (QED) is 0.183. The smallest absolute Gasteiger partial charge is 0.305 e. The second kappa shape index (κ2) is 11.9. The number of oxazole rings is 1. The number of benzene rings is 1. The number of ether oxygens (including phenoxy) is 2. The second-order valence-electron chi connectivity index (χ2n) is 9.77. The summed E-state index contributed by atoms with van der Waals surface area (Å²) in [5.74, 6) is 2.40. The first-order valence-corrected chi connectivity index (χ1v) is 13.4. The third kappa shape index (κ3) is 7.57. The number of thioether (sulfide) groups is 1. The van der Waals surface area contributed by atoms with Gasteiger partial charge in [-0.1, -0.05) is 44.2 Å². The number of methoxy groups -OCH3 is 1. The van der Waals surface area contributed by atoms with Crippen molar-refractivity contribution < 1.29 is 23.5 Å². The molecule has 1 N–H and O–H groups in total. The Morgan fingerprint density at radius 3 is 2.44 bits per heavy atom. The maximum Gasteiger partial charge on any atom is 0.305 e. The average molecular weight is 532 g/mol. The molecule has 0 unspecified atom stereocenters. The molecule has 1 aromatic carbocycles. The van der Waals surface area contributed by atoms with Gasteiger partial charge in [0, 0.05) is 11.8 Å². The molecule has 3 rings (SSSR count). The van der Waals surface area contributed by atoms with E-state index in [4.69, 9.17) is 9.15 Å². The van der Waals surface area contributed by atoms with Crippen molar-refractivity contribution in [1.82, 2.24) is 9.97 Å². The zero-order valence-electron chi connectivity index (χ0n) is 21.5. The summed E-state index contributed by atoms with van der Waals surface area (Å²) in [4.78, 5) is 32.9. The highest BCUT2D eigenvalue weighted by Gasteiger charge is 2.30. The maximum atomic E-state index is 13.1. The van der Waals surface area contributed by atoms with Crippen LogP contribution in [-0.4, -0.2) is 35.6 Å². The standard InChI is InChI=1S/C26H33N3O5S2/c1-25(2,3)19-14-27-20(34-19)16-35-22-15-28-24(36-22)29-23(31)26(4,5)17-9-11-18(12-10-17)33-13-7-8-21(30)32-6/h9-12,14-15H,7-8,13,16H2,1-6H3,(H,28,29,31). The van der Waals surface area contributed by atoms with Gasteiger partial charge >= 0.3 is 5.97 Å². The van der Waals surface area contributed by atoms with Crippen LogP contribution in [0.5, 0.6) is 5.75 Å². The van der Waals surface area contributed by atoms with Crippen molar-refractivity contribution >= 4 is 40.1 Å². The molecule has 8 nitrogen and oxygen atoms in total. The normalized spacial score (nSPS) is 11.8. The number of rotatable bonds is 11. The van der Waals surface area contributed by atoms with Gasteiger partial charge in [0.15, 0.2) is 5.13 Å². The number of hydrogen-bond acceptors (Lipinski definition) is 9. The molecule has 1 amide bonds. The van der Waals surface area contributed by atoms with Gasteiger partial charge in [0.25, 0.3) is 0 Å². The zero-order chi connectivity index (χ0) is 26.3. The molecule has 0 radical (unpaired) electrons. The second-order valence-corrected chi connectivity index (χ2v) is 12.1. The molecule has 10 heteroatoms. The topological polar surface area (TPSA) is 104 Å². The number of anilines is 1. The zero-order valence-corrected chi connectivity index (χ0v) is 23.2. The van der Waals surface area contributed by atoms with Gasteiger partial charge in [-0.2, -0.15) is 0 Å². The van der Waals surface area contributed by atoms with E-state index >= 15 is 0 Å². The van der Waals surface area contributed by atoms with E-state index in [1.807, 2.05) is 38.1 Å². The molecule has 194 valence electrons. The number of carbonyl (C=O) groups is 2. The minimum absolute atomic E-state index is 0.0796. The van der Waals surface area contributed by atoms with Crippen molar-refractivity contribution in [1.29, 1.82) is 0 Å². The molecule has 0 aliphatic carbocycles. The summed E-state index contributed by atoms with van der Waals surface area (Å²) >= 11 is 2.99. The van der Waals surface area contributed by atoms with E-state index in [1.54, 1.807) is 24.2 Å². The number of carbonyl (C=O) groups excluding carboxylic acids is 2. The molecule has 0 aliphatic heterocycles.